The Morgan fingerprint density at radius 1 is 1.38 bits per heavy atom. The van der Waals surface area contributed by atoms with Crippen LogP contribution in [-0.2, 0) is 0 Å². The molecule has 2 rings (SSSR count). The van der Waals surface area contributed by atoms with Crippen LogP contribution in [0.1, 0.15) is 12.8 Å². The van der Waals surface area contributed by atoms with Crippen LogP contribution in [0.15, 0.2) is 12.1 Å². The highest BCUT2D eigenvalue weighted by Crippen LogP contribution is 2.16. The molecule has 3 N–H and O–H groups in total. The predicted octanol–water partition coefficient (Wildman–Crippen LogP) is 0.812. The molecule has 0 bridgehead atoms. The number of nitrogens with one attached hydrogen (secondary N) is 1. The van der Waals surface area contributed by atoms with Crippen LogP contribution in [0.4, 0.5) is 11.6 Å². The topological polar surface area (TPSA) is 67.1 Å². The van der Waals surface area contributed by atoms with E-state index in [4.69, 9.17) is 5.73 Å². The maximum Gasteiger partial charge on any atom is 0.148 e. The Kier molecular flexibility index (Phi) is 3.56. The number of aromatic nitrogens is 2. The second-order valence-electron chi connectivity index (χ2n) is 4.47. The fourth-order valence-electron chi connectivity index (χ4n) is 1.95. The van der Waals surface area contributed by atoms with Gasteiger partial charge in [0.15, 0.2) is 0 Å². The molecule has 5 nitrogen and oxygen atoms in total. The standard InChI is InChI=1S/C11H19N5/c1-16-6-4-9(5-7-16)8-13-11-3-2-10(12)14-15-11/h2-3,9H,4-8H2,1H3,(H2,12,14)(H,13,15). The summed E-state index contributed by atoms with van der Waals surface area (Å²) in [5, 5.41) is 11.1. The lowest BCUT2D eigenvalue weighted by molar-refractivity contribution is 0.226. The molecule has 16 heavy (non-hydrogen) atoms. The first-order chi connectivity index (χ1) is 7.74. The average Bonchev–Trinajstić information content (AvgIpc) is 2.30. The van der Waals surface area contributed by atoms with Crippen LogP contribution in [0, 0.1) is 5.92 Å². The molecule has 1 saturated heterocycles. The number of anilines is 2. The normalized spacial score (nSPS) is 18.6. The number of hydrogen-bond acceptors (Lipinski definition) is 5. The molecule has 0 spiro atoms. The van der Waals surface area contributed by atoms with E-state index in [1.807, 2.05) is 6.07 Å². The fourth-order valence-corrected chi connectivity index (χ4v) is 1.95. The zero-order chi connectivity index (χ0) is 11.4. The van der Waals surface area contributed by atoms with E-state index in [1.165, 1.54) is 25.9 Å². The second kappa shape index (κ2) is 5.12. The van der Waals surface area contributed by atoms with Crippen molar-refractivity contribution in [1.29, 1.82) is 0 Å². The highest BCUT2D eigenvalue weighted by atomic mass is 15.2. The van der Waals surface area contributed by atoms with Crippen LogP contribution in [0.25, 0.3) is 0 Å². The van der Waals surface area contributed by atoms with Gasteiger partial charge in [-0.05, 0) is 51.0 Å². The summed E-state index contributed by atoms with van der Waals surface area (Å²) in [7, 11) is 2.18. The molecule has 0 saturated carbocycles. The van der Waals surface area contributed by atoms with E-state index in [9.17, 15) is 0 Å². The first-order valence-electron chi connectivity index (χ1n) is 5.75. The summed E-state index contributed by atoms with van der Waals surface area (Å²) in [6.45, 7) is 3.37. The van der Waals surface area contributed by atoms with Crippen molar-refractivity contribution in [3.63, 3.8) is 0 Å². The molecule has 0 unspecified atom stereocenters. The third-order valence-corrected chi connectivity index (χ3v) is 3.10. The average molecular weight is 221 g/mol. The monoisotopic (exact) mass is 221 g/mol. The molecule has 2 heterocycles. The highest BCUT2D eigenvalue weighted by molar-refractivity contribution is 5.38. The summed E-state index contributed by atoms with van der Waals surface area (Å²) in [6.07, 6.45) is 2.51. The van der Waals surface area contributed by atoms with Crippen molar-refractivity contribution in [2.24, 2.45) is 5.92 Å². The van der Waals surface area contributed by atoms with Crippen molar-refractivity contribution >= 4 is 11.6 Å². The van der Waals surface area contributed by atoms with Gasteiger partial charge < -0.3 is 16.0 Å². The summed E-state index contributed by atoms with van der Waals surface area (Å²) in [5.41, 5.74) is 5.47. The smallest absolute Gasteiger partial charge is 0.148 e. The summed E-state index contributed by atoms with van der Waals surface area (Å²) in [4.78, 5) is 2.37. The summed E-state index contributed by atoms with van der Waals surface area (Å²) >= 11 is 0. The molecule has 88 valence electrons. The number of nitrogens with zero attached hydrogens (tertiary/aromatic N) is 3. The molecule has 1 fully saturated rings. The van der Waals surface area contributed by atoms with E-state index in [2.05, 4.69) is 27.5 Å². The van der Waals surface area contributed by atoms with Crippen LogP contribution in [0.2, 0.25) is 0 Å². The molecule has 1 aromatic rings. The van der Waals surface area contributed by atoms with Gasteiger partial charge in [0.05, 0.1) is 0 Å². The Morgan fingerprint density at radius 3 is 2.75 bits per heavy atom. The van der Waals surface area contributed by atoms with E-state index in [-0.39, 0.29) is 0 Å². The van der Waals surface area contributed by atoms with Crippen molar-refractivity contribution in [3.05, 3.63) is 12.1 Å². The maximum absolute atomic E-state index is 5.47. The Bertz CT molecular complexity index is 316. The summed E-state index contributed by atoms with van der Waals surface area (Å²) < 4.78 is 0. The number of piperidine rings is 1. The summed E-state index contributed by atoms with van der Waals surface area (Å²) in [5.74, 6) is 2.02. The van der Waals surface area contributed by atoms with E-state index >= 15 is 0 Å². The highest BCUT2D eigenvalue weighted by Gasteiger charge is 2.16. The second-order valence-corrected chi connectivity index (χ2v) is 4.47. The van der Waals surface area contributed by atoms with E-state index in [1.54, 1.807) is 6.07 Å². The zero-order valence-corrected chi connectivity index (χ0v) is 9.69. The van der Waals surface area contributed by atoms with Crippen LogP contribution >= 0.6 is 0 Å². The third-order valence-electron chi connectivity index (χ3n) is 3.10. The van der Waals surface area contributed by atoms with Crippen molar-refractivity contribution in [2.45, 2.75) is 12.8 Å². The van der Waals surface area contributed by atoms with Gasteiger partial charge in [-0.3, -0.25) is 0 Å². The molecule has 0 radical (unpaired) electrons. The molecule has 1 aliphatic rings. The first-order valence-corrected chi connectivity index (χ1v) is 5.75. The van der Waals surface area contributed by atoms with Crippen LogP contribution in [0.5, 0.6) is 0 Å². The van der Waals surface area contributed by atoms with Crippen LogP contribution in [0.3, 0.4) is 0 Å². The molecular formula is C11H19N5. The molecule has 0 aliphatic carbocycles. The molecule has 0 atom stereocenters. The maximum atomic E-state index is 5.47. The van der Waals surface area contributed by atoms with Gasteiger partial charge in [0, 0.05) is 6.54 Å². The minimum Gasteiger partial charge on any atom is -0.382 e. The van der Waals surface area contributed by atoms with Gasteiger partial charge in [-0.1, -0.05) is 0 Å². The predicted molar refractivity (Wildman–Crippen MR) is 65.2 cm³/mol. The molecule has 0 aromatic carbocycles. The zero-order valence-electron chi connectivity index (χ0n) is 9.69. The van der Waals surface area contributed by atoms with E-state index in [0.29, 0.717) is 5.82 Å². The van der Waals surface area contributed by atoms with Gasteiger partial charge in [0.1, 0.15) is 11.6 Å². The van der Waals surface area contributed by atoms with Gasteiger partial charge in [-0.2, -0.15) is 0 Å². The van der Waals surface area contributed by atoms with Gasteiger partial charge in [0.25, 0.3) is 0 Å². The number of nitrogens with two attached hydrogens (primary N) is 1. The van der Waals surface area contributed by atoms with Crippen molar-refractivity contribution in [3.8, 4) is 0 Å². The summed E-state index contributed by atoms with van der Waals surface area (Å²) in [6, 6.07) is 3.64. The Labute approximate surface area is 96.0 Å². The number of hydrogen-bond donors (Lipinski definition) is 2. The van der Waals surface area contributed by atoms with Crippen molar-refractivity contribution in [2.75, 3.05) is 37.7 Å². The quantitative estimate of drug-likeness (QED) is 0.790. The third kappa shape index (κ3) is 3.06. The van der Waals surface area contributed by atoms with E-state index in [0.717, 1.165) is 18.3 Å². The molecule has 1 aromatic heterocycles. The Hall–Kier alpha value is -1.36. The fraction of sp³-hybridized carbons (Fsp3) is 0.636. The molecule has 5 heteroatoms. The lowest BCUT2D eigenvalue weighted by atomic mass is 9.97. The van der Waals surface area contributed by atoms with Gasteiger partial charge >= 0.3 is 0 Å². The molecule has 0 amide bonds. The largest absolute Gasteiger partial charge is 0.382 e. The van der Waals surface area contributed by atoms with Crippen LogP contribution < -0.4 is 11.1 Å². The van der Waals surface area contributed by atoms with Gasteiger partial charge in [0.2, 0.25) is 0 Å². The van der Waals surface area contributed by atoms with E-state index < -0.39 is 0 Å². The lowest BCUT2D eigenvalue weighted by Gasteiger charge is -2.28. The molecule has 1 aliphatic heterocycles. The Balaban J connectivity index is 1.77. The lowest BCUT2D eigenvalue weighted by Crippen LogP contribution is -2.33. The minimum atomic E-state index is 0.463. The Morgan fingerprint density at radius 2 is 2.12 bits per heavy atom. The number of nitrogen functional groups attached to an aromatic ring is 1. The SMILES string of the molecule is CN1CCC(CNc2ccc(N)nn2)CC1. The van der Waals surface area contributed by atoms with Crippen LogP contribution in [-0.4, -0.2) is 41.8 Å². The van der Waals surface area contributed by atoms with Crippen molar-refractivity contribution < 1.29 is 0 Å². The first kappa shape index (κ1) is 11.1. The van der Waals surface area contributed by atoms with Gasteiger partial charge in [-0.25, -0.2) is 0 Å². The number of rotatable bonds is 3. The van der Waals surface area contributed by atoms with Gasteiger partial charge in [-0.15, -0.1) is 10.2 Å². The minimum absolute atomic E-state index is 0.463. The van der Waals surface area contributed by atoms with Crippen molar-refractivity contribution in [1.82, 2.24) is 15.1 Å². The number of likely N-dealkylation sites (tertiary alicyclic amines) is 1. The molecular weight excluding hydrogens is 202 g/mol.